The van der Waals surface area contributed by atoms with Gasteiger partial charge >= 0.3 is 0 Å². The zero-order valence-electron chi connectivity index (χ0n) is 17.9. The van der Waals surface area contributed by atoms with Crippen molar-refractivity contribution in [1.82, 2.24) is 9.55 Å². The predicted molar refractivity (Wildman–Crippen MR) is 124 cm³/mol. The topological polar surface area (TPSA) is 45.5 Å². The maximum atomic E-state index is 6.28. The van der Waals surface area contributed by atoms with E-state index in [1.165, 1.54) is 5.56 Å². The van der Waals surface area contributed by atoms with Crippen molar-refractivity contribution in [2.75, 3.05) is 14.2 Å². The van der Waals surface area contributed by atoms with Crippen LogP contribution in [0.5, 0.6) is 17.2 Å². The van der Waals surface area contributed by atoms with E-state index in [-0.39, 0.29) is 0 Å². The van der Waals surface area contributed by atoms with E-state index in [9.17, 15) is 0 Å². The molecule has 0 saturated carbocycles. The second kappa shape index (κ2) is 9.31. The molecule has 0 aliphatic carbocycles. The van der Waals surface area contributed by atoms with Crippen LogP contribution in [0.2, 0.25) is 5.02 Å². The number of nitrogens with zero attached hydrogens (tertiary/aromatic N) is 2. The minimum Gasteiger partial charge on any atom is -0.493 e. The van der Waals surface area contributed by atoms with Crippen LogP contribution in [0.4, 0.5) is 0 Å². The third-order valence-electron chi connectivity index (χ3n) is 5.25. The fraction of sp³-hybridized carbons (Fsp3) is 0.240. The molecule has 3 aromatic carbocycles. The number of hydrogen-bond donors (Lipinski definition) is 0. The Hall–Kier alpha value is -3.18. The summed E-state index contributed by atoms with van der Waals surface area (Å²) in [5.41, 5.74) is 4.24. The molecule has 4 aromatic rings. The molecule has 0 bridgehead atoms. The summed E-state index contributed by atoms with van der Waals surface area (Å²) in [6.07, 6.45) is 0.801. The zero-order chi connectivity index (χ0) is 21.8. The van der Waals surface area contributed by atoms with Crippen LogP contribution in [-0.4, -0.2) is 23.8 Å². The Labute approximate surface area is 187 Å². The molecule has 0 fully saturated rings. The normalized spacial score (nSPS) is 11.0. The Bertz CT molecular complexity index is 1190. The number of ether oxygens (including phenoxy) is 3. The van der Waals surface area contributed by atoms with Crippen molar-refractivity contribution < 1.29 is 14.2 Å². The minimum absolute atomic E-state index is 0.376. The van der Waals surface area contributed by atoms with Crippen molar-refractivity contribution in [3.63, 3.8) is 0 Å². The third kappa shape index (κ3) is 4.78. The average Bonchev–Trinajstić information content (AvgIpc) is 3.13. The Kier molecular flexibility index (Phi) is 6.33. The van der Waals surface area contributed by atoms with Gasteiger partial charge in [0.2, 0.25) is 0 Å². The zero-order valence-corrected chi connectivity index (χ0v) is 18.6. The summed E-state index contributed by atoms with van der Waals surface area (Å²) in [6, 6.07) is 19.8. The monoisotopic (exact) mass is 436 g/mol. The van der Waals surface area contributed by atoms with Gasteiger partial charge in [-0.2, -0.15) is 0 Å². The van der Waals surface area contributed by atoms with E-state index in [1.54, 1.807) is 14.2 Å². The smallest absolute Gasteiger partial charge is 0.160 e. The molecule has 5 nitrogen and oxygen atoms in total. The van der Waals surface area contributed by atoms with Crippen LogP contribution in [0, 0.1) is 6.92 Å². The molecule has 1 heterocycles. The summed E-state index contributed by atoms with van der Waals surface area (Å²) < 4.78 is 19.0. The minimum atomic E-state index is 0.376. The summed E-state index contributed by atoms with van der Waals surface area (Å²) in [6.45, 7) is 3.17. The standard InChI is InChI=1S/C25H25ClN2O3/c1-17-4-8-20(9-5-17)31-16-25-27-21-10-7-19(26)15-22(21)28(25)13-12-18-6-11-23(29-2)24(14-18)30-3/h4-11,14-15H,12-13,16H2,1-3H3. The van der Waals surface area contributed by atoms with Gasteiger partial charge in [-0.25, -0.2) is 4.98 Å². The highest BCUT2D eigenvalue weighted by molar-refractivity contribution is 6.31. The van der Waals surface area contributed by atoms with Crippen LogP contribution < -0.4 is 14.2 Å². The van der Waals surface area contributed by atoms with E-state index in [1.807, 2.05) is 54.6 Å². The van der Waals surface area contributed by atoms with Crippen molar-refractivity contribution in [3.8, 4) is 17.2 Å². The highest BCUT2D eigenvalue weighted by Crippen LogP contribution is 2.28. The molecule has 6 heteroatoms. The first-order chi connectivity index (χ1) is 15.1. The number of rotatable bonds is 8. The van der Waals surface area contributed by atoms with Gasteiger partial charge in [0, 0.05) is 11.6 Å². The molecular weight excluding hydrogens is 412 g/mol. The number of benzene rings is 3. The summed E-state index contributed by atoms with van der Waals surface area (Å²) in [5, 5.41) is 0.686. The molecular formula is C25H25ClN2O3. The molecule has 0 radical (unpaired) electrons. The first kappa shape index (κ1) is 21.1. The lowest BCUT2D eigenvalue weighted by atomic mass is 10.1. The third-order valence-corrected chi connectivity index (χ3v) is 5.49. The van der Waals surface area contributed by atoms with E-state index in [4.69, 9.17) is 30.8 Å². The Balaban J connectivity index is 1.59. The first-order valence-corrected chi connectivity index (χ1v) is 10.5. The Morgan fingerprint density at radius 2 is 1.68 bits per heavy atom. The van der Waals surface area contributed by atoms with Gasteiger partial charge in [-0.05, 0) is 61.4 Å². The largest absolute Gasteiger partial charge is 0.493 e. The van der Waals surface area contributed by atoms with Gasteiger partial charge in [0.15, 0.2) is 11.5 Å². The molecule has 0 aliphatic heterocycles. The average molecular weight is 437 g/mol. The van der Waals surface area contributed by atoms with Crippen molar-refractivity contribution in [2.24, 2.45) is 0 Å². The van der Waals surface area contributed by atoms with Crippen LogP contribution in [0.1, 0.15) is 17.0 Å². The van der Waals surface area contributed by atoms with Gasteiger partial charge < -0.3 is 18.8 Å². The van der Waals surface area contributed by atoms with E-state index >= 15 is 0 Å². The molecule has 0 aliphatic rings. The number of fused-ring (bicyclic) bond motifs is 1. The molecule has 1 aromatic heterocycles. The van der Waals surface area contributed by atoms with Crippen LogP contribution in [0.3, 0.4) is 0 Å². The van der Waals surface area contributed by atoms with E-state index in [0.717, 1.165) is 52.6 Å². The first-order valence-electron chi connectivity index (χ1n) is 10.1. The van der Waals surface area contributed by atoms with Gasteiger partial charge in [0.25, 0.3) is 0 Å². The number of methoxy groups -OCH3 is 2. The van der Waals surface area contributed by atoms with E-state index in [2.05, 4.69) is 17.6 Å². The summed E-state index contributed by atoms with van der Waals surface area (Å²) in [4.78, 5) is 4.79. The molecule has 0 amide bonds. The fourth-order valence-corrected chi connectivity index (χ4v) is 3.73. The molecule has 0 saturated heterocycles. The number of halogens is 1. The van der Waals surface area contributed by atoms with Crippen molar-refractivity contribution in [1.29, 1.82) is 0 Å². The van der Waals surface area contributed by atoms with Crippen LogP contribution in [-0.2, 0) is 19.6 Å². The summed E-state index contributed by atoms with van der Waals surface area (Å²) in [5.74, 6) is 3.13. The number of hydrogen-bond acceptors (Lipinski definition) is 4. The highest BCUT2D eigenvalue weighted by Gasteiger charge is 2.13. The second-order valence-corrected chi connectivity index (χ2v) is 7.79. The van der Waals surface area contributed by atoms with Crippen molar-refractivity contribution >= 4 is 22.6 Å². The fourth-order valence-electron chi connectivity index (χ4n) is 3.56. The number of aromatic nitrogens is 2. The van der Waals surface area contributed by atoms with Crippen LogP contribution in [0.25, 0.3) is 11.0 Å². The van der Waals surface area contributed by atoms with Gasteiger partial charge in [-0.3, -0.25) is 0 Å². The van der Waals surface area contributed by atoms with Crippen LogP contribution in [0.15, 0.2) is 60.7 Å². The molecule has 0 N–H and O–H groups in total. The lowest BCUT2D eigenvalue weighted by molar-refractivity contribution is 0.290. The predicted octanol–water partition coefficient (Wildman–Crippen LogP) is 5.84. The van der Waals surface area contributed by atoms with E-state index < -0.39 is 0 Å². The van der Waals surface area contributed by atoms with Gasteiger partial charge in [-0.15, -0.1) is 0 Å². The molecule has 0 spiro atoms. The lowest BCUT2D eigenvalue weighted by Crippen LogP contribution is -2.09. The highest BCUT2D eigenvalue weighted by atomic mass is 35.5. The molecule has 0 unspecified atom stereocenters. The number of aryl methyl sites for hydroxylation is 3. The Morgan fingerprint density at radius 3 is 2.42 bits per heavy atom. The van der Waals surface area contributed by atoms with Gasteiger partial charge in [0.05, 0.1) is 25.3 Å². The van der Waals surface area contributed by atoms with E-state index in [0.29, 0.717) is 11.6 Å². The van der Waals surface area contributed by atoms with Crippen molar-refractivity contribution in [2.45, 2.75) is 26.5 Å². The number of imidazole rings is 1. The summed E-state index contributed by atoms with van der Waals surface area (Å²) >= 11 is 6.28. The molecule has 160 valence electrons. The van der Waals surface area contributed by atoms with Gasteiger partial charge in [-0.1, -0.05) is 35.4 Å². The van der Waals surface area contributed by atoms with Gasteiger partial charge in [0.1, 0.15) is 18.2 Å². The molecule has 0 atom stereocenters. The Morgan fingerprint density at radius 1 is 0.903 bits per heavy atom. The quantitative estimate of drug-likeness (QED) is 0.348. The second-order valence-electron chi connectivity index (χ2n) is 7.35. The lowest BCUT2D eigenvalue weighted by Gasteiger charge is -2.13. The maximum Gasteiger partial charge on any atom is 0.160 e. The maximum absolute atomic E-state index is 6.28. The summed E-state index contributed by atoms with van der Waals surface area (Å²) in [7, 11) is 3.28. The van der Waals surface area contributed by atoms with Crippen molar-refractivity contribution in [3.05, 3.63) is 82.6 Å². The molecule has 31 heavy (non-hydrogen) atoms. The SMILES string of the molecule is COc1ccc(CCn2c(COc3ccc(C)cc3)nc3ccc(Cl)cc32)cc1OC. The molecule has 4 rings (SSSR count). The van der Waals surface area contributed by atoms with Crippen LogP contribution >= 0.6 is 11.6 Å².